The quantitative estimate of drug-likeness (QED) is 0.414. The molecule has 8 nitrogen and oxygen atoms in total. The molecule has 0 aliphatic carbocycles. The fraction of sp³-hybridized carbons (Fsp3) is 0.588. The summed E-state index contributed by atoms with van der Waals surface area (Å²) >= 11 is 0. The molecule has 1 aliphatic heterocycles. The first kappa shape index (κ1) is 20.5. The van der Waals surface area contributed by atoms with E-state index in [0.717, 1.165) is 37.1 Å². The van der Waals surface area contributed by atoms with Crippen LogP contribution in [0, 0.1) is 0 Å². The predicted molar refractivity (Wildman–Crippen MR) is 115 cm³/mol. The number of aromatic nitrogens is 4. The molecule has 1 atom stereocenters. The van der Waals surface area contributed by atoms with Crippen molar-refractivity contribution in [2.75, 3.05) is 39.1 Å². The number of aliphatic imine (C=N–C) groups is 1. The topological polar surface area (TPSA) is 66.5 Å². The summed E-state index contributed by atoms with van der Waals surface area (Å²) in [6.07, 6.45) is 7.13. The van der Waals surface area contributed by atoms with Crippen LogP contribution in [0.3, 0.4) is 0 Å². The molecule has 9 heteroatoms. The van der Waals surface area contributed by atoms with Crippen molar-refractivity contribution in [3.63, 3.8) is 0 Å². The number of rotatable bonds is 4. The van der Waals surface area contributed by atoms with Crippen molar-refractivity contribution >= 4 is 35.9 Å². The fourth-order valence-electron chi connectivity index (χ4n) is 3.39. The predicted octanol–water partition coefficient (Wildman–Crippen LogP) is 1.40. The summed E-state index contributed by atoms with van der Waals surface area (Å²) in [6.45, 7) is 2.69. The van der Waals surface area contributed by atoms with Gasteiger partial charge >= 0.3 is 0 Å². The van der Waals surface area contributed by atoms with Gasteiger partial charge in [-0.15, -0.1) is 24.0 Å². The molecule has 1 N–H and O–H groups in total. The third-order valence-corrected chi connectivity index (χ3v) is 4.78. The van der Waals surface area contributed by atoms with Crippen LogP contribution in [0.5, 0.6) is 0 Å². The molecule has 0 spiro atoms. The van der Waals surface area contributed by atoms with E-state index in [1.54, 1.807) is 0 Å². The molecular formula is C17H29IN8. The van der Waals surface area contributed by atoms with E-state index in [-0.39, 0.29) is 24.0 Å². The molecule has 144 valence electrons. The zero-order valence-electron chi connectivity index (χ0n) is 16.2. The summed E-state index contributed by atoms with van der Waals surface area (Å²) in [7, 11) is 9.85. The third-order valence-electron chi connectivity index (χ3n) is 4.78. The average molecular weight is 472 g/mol. The second-order valence-corrected chi connectivity index (χ2v) is 6.78. The lowest BCUT2D eigenvalue weighted by Crippen LogP contribution is -2.39. The summed E-state index contributed by atoms with van der Waals surface area (Å²) in [5, 5.41) is 7.77. The molecule has 1 saturated heterocycles. The molecule has 2 aromatic rings. The van der Waals surface area contributed by atoms with Gasteiger partial charge in [-0.05, 0) is 12.0 Å². The molecule has 1 fully saturated rings. The number of hydrogen-bond donors (Lipinski definition) is 1. The van der Waals surface area contributed by atoms with E-state index < -0.39 is 0 Å². The van der Waals surface area contributed by atoms with E-state index in [2.05, 4.69) is 36.1 Å². The molecule has 1 aliphatic rings. The number of halogens is 1. The van der Waals surface area contributed by atoms with Gasteiger partial charge in [0.05, 0.1) is 24.6 Å². The molecule has 0 amide bonds. The number of nitrogens with one attached hydrogen (secondary N) is 1. The van der Waals surface area contributed by atoms with E-state index in [1.165, 1.54) is 5.56 Å². The van der Waals surface area contributed by atoms with Gasteiger partial charge in [0, 0.05) is 60.4 Å². The van der Waals surface area contributed by atoms with Crippen molar-refractivity contribution in [2.24, 2.45) is 19.1 Å². The minimum atomic E-state index is 0. The highest BCUT2D eigenvalue weighted by Gasteiger charge is 2.27. The minimum Gasteiger partial charge on any atom is -0.351 e. The van der Waals surface area contributed by atoms with Crippen LogP contribution in [0.4, 0.5) is 5.95 Å². The monoisotopic (exact) mass is 472 g/mol. The summed E-state index contributed by atoms with van der Waals surface area (Å²) in [5.74, 6) is 2.41. The lowest BCUT2D eigenvalue weighted by molar-refractivity contribution is 0.484. The van der Waals surface area contributed by atoms with Gasteiger partial charge in [0.1, 0.15) is 0 Å². The standard InChI is InChI=1S/C17H28N8.HI/c1-18-16(19-9-15-10-20-17(22(2)3)24(15)5)25-7-6-13(12-25)14-8-21-23(4)11-14;/h8,10-11,13H,6-7,9,12H2,1-5H3,(H,18,19);1H. The Morgan fingerprint density at radius 1 is 1.35 bits per heavy atom. The number of guanidine groups is 1. The van der Waals surface area contributed by atoms with Gasteiger partial charge in [-0.25, -0.2) is 4.98 Å². The Morgan fingerprint density at radius 3 is 2.69 bits per heavy atom. The van der Waals surface area contributed by atoms with Crippen LogP contribution in [-0.2, 0) is 20.6 Å². The number of anilines is 1. The van der Waals surface area contributed by atoms with Gasteiger partial charge in [0.2, 0.25) is 5.95 Å². The van der Waals surface area contributed by atoms with E-state index in [9.17, 15) is 0 Å². The molecular weight excluding hydrogens is 443 g/mol. The Balaban J connectivity index is 0.00000243. The third kappa shape index (κ3) is 4.30. The van der Waals surface area contributed by atoms with Gasteiger partial charge in [-0.3, -0.25) is 9.67 Å². The Labute approximate surface area is 172 Å². The van der Waals surface area contributed by atoms with E-state index in [0.29, 0.717) is 12.5 Å². The van der Waals surface area contributed by atoms with Crippen LogP contribution in [0.2, 0.25) is 0 Å². The first-order valence-corrected chi connectivity index (χ1v) is 8.61. The van der Waals surface area contributed by atoms with Crippen LogP contribution in [0.25, 0.3) is 0 Å². The molecule has 0 radical (unpaired) electrons. The van der Waals surface area contributed by atoms with E-state index in [1.807, 2.05) is 57.2 Å². The van der Waals surface area contributed by atoms with E-state index >= 15 is 0 Å². The highest BCUT2D eigenvalue weighted by molar-refractivity contribution is 14.0. The lowest BCUT2D eigenvalue weighted by Gasteiger charge is -2.22. The van der Waals surface area contributed by atoms with Crippen molar-refractivity contribution in [1.29, 1.82) is 0 Å². The molecule has 2 aromatic heterocycles. The molecule has 1 unspecified atom stereocenters. The maximum atomic E-state index is 4.46. The molecule has 0 bridgehead atoms. The maximum absolute atomic E-state index is 4.46. The van der Waals surface area contributed by atoms with Crippen molar-refractivity contribution in [2.45, 2.75) is 18.9 Å². The summed E-state index contributed by atoms with van der Waals surface area (Å²) in [6, 6.07) is 0. The Kier molecular flexibility index (Phi) is 6.90. The fourth-order valence-corrected chi connectivity index (χ4v) is 3.39. The van der Waals surface area contributed by atoms with Crippen LogP contribution in [0.15, 0.2) is 23.6 Å². The number of likely N-dealkylation sites (tertiary alicyclic amines) is 1. The highest BCUT2D eigenvalue weighted by Crippen LogP contribution is 2.26. The zero-order chi connectivity index (χ0) is 18.0. The van der Waals surface area contributed by atoms with Gasteiger partial charge in [0.25, 0.3) is 0 Å². The van der Waals surface area contributed by atoms with Crippen LogP contribution in [0.1, 0.15) is 23.6 Å². The first-order valence-electron chi connectivity index (χ1n) is 8.61. The summed E-state index contributed by atoms with van der Waals surface area (Å²) in [5.41, 5.74) is 2.44. The van der Waals surface area contributed by atoms with Crippen molar-refractivity contribution < 1.29 is 0 Å². The van der Waals surface area contributed by atoms with Crippen LogP contribution in [-0.4, -0.2) is 64.4 Å². The highest BCUT2D eigenvalue weighted by atomic mass is 127. The largest absolute Gasteiger partial charge is 0.351 e. The van der Waals surface area contributed by atoms with Crippen molar-refractivity contribution in [1.82, 2.24) is 29.5 Å². The second kappa shape index (κ2) is 8.74. The average Bonchev–Trinajstić information content (AvgIpc) is 3.29. The summed E-state index contributed by atoms with van der Waals surface area (Å²) in [4.78, 5) is 13.2. The minimum absolute atomic E-state index is 0. The van der Waals surface area contributed by atoms with Gasteiger partial charge in [-0.2, -0.15) is 5.10 Å². The Morgan fingerprint density at radius 2 is 2.12 bits per heavy atom. The Bertz CT molecular complexity index is 748. The maximum Gasteiger partial charge on any atom is 0.204 e. The number of aryl methyl sites for hydroxylation is 1. The number of hydrogen-bond acceptors (Lipinski definition) is 4. The smallest absolute Gasteiger partial charge is 0.204 e. The first-order chi connectivity index (χ1) is 12.0. The zero-order valence-corrected chi connectivity index (χ0v) is 18.5. The SMILES string of the molecule is CN=C(NCc1cnc(N(C)C)n1C)N1CCC(c2cnn(C)c2)C1.I. The molecule has 3 heterocycles. The van der Waals surface area contributed by atoms with Crippen molar-refractivity contribution in [3.05, 3.63) is 29.8 Å². The molecule has 0 saturated carbocycles. The van der Waals surface area contributed by atoms with E-state index in [4.69, 9.17) is 0 Å². The molecule has 26 heavy (non-hydrogen) atoms. The lowest BCUT2D eigenvalue weighted by atomic mass is 10.0. The summed E-state index contributed by atoms with van der Waals surface area (Å²) < 4.78 is 3.97. The van der Waals surface area contributed by atoms with Gasteiger partial charge in [0.15, 0.2) is 5.96 Å². The number of nitrogens with zero attached hydrogens (tertiary/aromatic N) is 7. The van der Waals surface area contributed by atoms with Gasteiger partial charge in [-0.1, -0.05) is 0 Å². The van der Waals surface area contributed by atoms with Gasteiger partial charge < -0.3 is 19.7 Å². The van der Waals surface area contributed by atoms with Crippen LogP contribution >= 0.6 is 24.0 Å². The Hall–Kier alpha value is -1.78. The number of imidazole rings is 1. The molecule has 3 rings (SSSR count). The van der Waals surface area contributed by atoms with Crippen LogP contribution < -0.4 is 10.2 Å². The molecule has 0 aromatic carbocycles. The van der Waals surface area contributed by atoms with Crippen molar-refractivity contribution in [3.8, 4) is 0 Å². The normalized spacial score (nSPS) is 17.3. The second-order valence-electron chi connectivity index (χ2n) is 6.78.